The van der Waals surface area contributed by atoms with Gasteiger partial charge in [0.1, 0.15) is 23.8 Å². The zero-order valence-corrected chi connectivity index (χ0v) is 20.4. The van der Waals surface area contributed by atoms with Gasteiger partial charge in [0.05, 0.1) is 25.7 Å². The average Bonchev–Trinajstić information content (AvgIpc) is 3.45. The molecular weight excluding hydrogens is 477 g/mol. The van der Waals surface area contributed by atoms with Gasteiger partial charge >= 0.3 is 5.97 Å². The zero-order chi connectivity index (χ0) is 25.7. The van der Waals surface area contributed by atoms with Crippen molar-refractivity contribution in [1.29, 1.82) is 0 Å². The molecule has 3 atom stereocenters. The number of aliphatic hydroxyl groups is 1. The van der Waals surface area contributed by atoms with Crippen molar-refractivity contribution in [3.8, 4) is 22.8 Å². The summed E-state index contributed by atoms with van der Waals surface area (Å²) >= 11 is 0. The summed E-state index contributed by atoms with van der Waals surface area (Å²) in [5.74, 6) is 0.0998. The van der Waals surface area contributed by atoms with E-state index in [1.807, 2.05) is 31.2 Å². The van der Waals surface area contributed by atoms with Crippen LogP contribution in [0.1, 0.15) is 34.6 Å². The van der Waals surface area contributed by atoms with Gasteiger partial charge in [-0.2, -0.15) is 0 Å². The lowest BCUT2D eigenvalue weighted by molar-refractivity contribution is -0.184. The molecule has 37 heavy (non-hydrogen) atoms. The number of halogens is 1. The average molecular weight is 506 g/mol. The quantitative estimate of drug-likeness (QED) is 0.448. The van der Waals surface area contributed by atoms with E-state index in [1.54, 1.807) is 18.3 Å². The Morgan fingerprint density at radius 1 is 1.19 bits per heavy atom. The largest absolute Gasteiger partial charge is 0.489 e. The van der Waals surface area contributed by atoms with Crippen molar-refractivity contribution in [3.63, 3.8) is 0 Å². The fraction of sp³-hybridized carbons (Fsp3) is 0.379. The minimum absolute atomic E-state index is 0.0728. The van der Waals surface area contributed by atoms with Crippen LogP contribution in [0.3, 0.4) is 0 Å². The Kier molecular flexibility index (Phi) is 5.88. The Bertz CT molecular complexity index is 1370. The summed E-state index contributed by atoms with van der Waals surface area (Å²) in [5.41, 5.74) is 4.48. The molecule has 3 aliphatic rings. The summed E-state index contributed by atoms with van der Waals surface area (Å²) in [6.45, 7) is 3.02. The third-order valence-electron chi connectivity index (χ3n) is 7.78. The van der Waals surface area contributed by atoms with Crippen LogP contribution >= 0.6 is 0 Å². The van der Waals surface area contributed by atoms with Crippen LogP contribution in [0.25, 0.3) is 11.1 Å². The second kappa shape index (κ2) is 9.11. The first-order chi connectivity index (χ1) is 17.8. The Morgan fingerprint density at radius 3 is 2.76 bits per heavy atom. The molecule has 2 N–H and O–H groups in total. The van der Waals surface area contributed by atoms with Gasteiger partial charge in [-0.15, -0.1) is 0 Å². The predicted molar refractivity (Wildman–Crippen MR) is 132 cm³/mol. The van der Waals surface area contributed by atoms with Crippen molar-refractivity contribution in [3.05, 3.63) is 76.7 Å². The first kappa shape index (κ1) is 23.9. The van der Waals surface area contributed by atoms with E-state index in [9.17, 15) is 19.4 Å². The van der Waals surface area contributed by atoms with E-state index in [4.69, 9.17) is 14.2 Å². The molecule has 2 aromatic carbocycles. The number of aromatic nitrogens is 1. The number of nitrogens with zero attached hydrogens (tertiary/aromatic N) is 1. The van der Waals surface area contributed by atoms with Gasteiger partial charge in [0.25, 0.3) is 0 Å². The molecule has 1 aliphatic heterocycles. The minimum atomic E-state index is -0.800. The third kappa shape index (κ3) is 4.55. The lowest BCUT2D eigenvalue weighted by Gasteiger charge is -2.36. The van der Waals surface area contributed by atoms with Crippen LogP contribution in [0.5, 0.6) is 11.6 Å². The number of benzene rings is 2. The zero-order valence-electron chi connectivity index (χ0n) is 20.4. The fourth-order valence-corrected chi connectivity index (χ4v) is 5.57. The standard InChI is InChI=1S/C29H28FNO6/c1-16-8-25(36-7-6-29(34)14-35-15-29)31-12-23(16)17-2-5-24(30)19(9-17)13-37-20-3-4-21-18(10-20)11-22-26(21)27(22)28(32)33/h2-5,8-10,12,22,26-27,34H,6-7,11,13-15H2,1H3,(H,32,33)/t22-,26+,27+/m1/s1. The molecule has 0 spiro atoms. The van der Waals surface area contributed by atoms with Crippen molar-refractivity contribution in [1.82, 2.24) is 4.98 Å². The summed E-state index contributed by atoms with van der Waals surface area (Å²) < 4.78 is 31.3. The molecule has 0 unspecified atom stereocenters. The molecule has 0 radical (unpaired) electrons. The molecule has 0 bridgehead atoms. The smallest absolute Gasteiger partial charge is 0.307 e. The van der Waals surface area contributed by atoms with Crippen LogP contribution in [0, 0.1) is 24.6 Å². The third-order valence-corrected chi connectivity index (χ3v) is 7.78. The van der Waals surface area contributed by atoms with Crippen LogP contribution in [-0.4, -0.2) is 46.6 Å². The van der Waals surface area contributed by atoms with Crippen LogP contribution in [0.15, 0.2) is 48.7 Å². The summed E-state index contributed by atoms with van der Waals surface area (Å²) in [6, 6.07) is 12.5. The molecule has 2 heterocycles. The van der Waals surface area contributed by atoms with Crippen LogP contribution in [0.4, 0.5) is 4.39 Å². The molecule has 3 aromatic rings. The van der Waals surface area contributed by atoms with Gasteiger partial charge in [-0.3, -0.25) is 4.79 Å². The Labute approximate surface area is 213 Å². The number of hydrogen-bond donors (Lipinski definition) is 2. The molecule has 0 amide bonds. The van der Waals surface area contributed by atoms with Gasteiger partial charge in [-0.25, -0.2) is 9.37 Å². The molecule has 7 nitrogen and oxygen atoms in total. The van der Waals surface area contributed by atoms with Crippen molar-refractivity contribution in [2.24, 2.45) is 11.8 Å². The molecule has 8 heteroatoms. The maximum absolute atomic E-state index is 14.6. The predicted octanol–water partition coefficient (Wildman–Crippen LogP) is 4.28. The second-order valence-corrected chi connectivity index (χ2v) is 10.4. The van der Waals surface area contributed by atoms with E-state index in [0.29, 0.717) is 43.4 Å². The van der Waals surface area contributed by atoms with Crippen molar-refractivity contribution < 1.29 is 33.6 Å². The fourth-order valence-electron chi connectivity index (χ4n) is 5.57. The first-order valence-electron chi connectivity index (χ1n) is 12.5. The number of aliphatic carboxylic acids is 1. The number of aryl methyl sites for hydroxylation is 1. The van der Waals surface area contributed by atoms with E-state index >= 15 is 0 Å². The number of fused-ring (bicyclic) bond motifs is 3. The van der Waals surface area contributed by atoms with Gasteiger partial charge < -0.3 is 24.4 Å². The number of pyridine rings is 1. The van der Waals surface area contributed by atoms with Crippen LogP contribution in [0.2, 0.25) is 0 Å². The van der Waals surface area contributed by atoms with Gasteiger partial charge in [0, 0.05) is 35.7 Å². The van der Waals surface area contributed by atoms with Gasteiger partial charge in [-0.1, -0.05) is 12.1 Å². The number of ether oxygens (including phenoxy) is 3. The summed E-state index contributed by atoms with van der Waals surface area (Å²) in [6.07, 6.45) is 2.93. The Balaban J connectivity index is 1.11. The first-order valence-corrected chi connectivity index (χ1v) is 12.5. The highest BCUT2D eigenvalue weighted by Crippen LogP contribution is 2.61. The highest BCUT2D eigenvalue weighted by atomic mass is 19.1. The van der Waals surface area contributed by atoms with Crippen molar-refractivity contribution >= 4 is 5.97 Å². The molecule has 1 aromatic heterocycles. The topological polar surface area (TPSA) is 98.1 Å². The van der Waals surface area contributed by atoms with Gasteiger partial charge in [-0.05, 0) is 65.8 Å². The number of hydrogen-bond acceptors (Lipinski definition) is 6. The lowest BCUT2D eigenvalue weighted by atomic mass is 9.99. The minimum Gasteiger partial charge on any atom is -0.489 e. The van der Waals surface area contributed by atoms with Crippen molar-refractivity contribution in [2.75, 3.05) is 19.8 Å². The molecule has 2 aliphatic carbocycles. The SMILES string of the molecule is Cc1cc(OCCC2(O)COC2)ncc1-c1ccc(F)c(COc2ccc3c(c2)C[C@H]2[C@H](C(=O)O)[C@@H]32)c1. The van der Waals surface area contributed by atoms with Gasteiger partial charge in [0.15, 0.2) is 0 Å². The monoisotopic (exact) mass is 505 g/mol. The Morgan fingerprint density at radius 2 is 2.03 bits per heavy atom. The summed E-state index contributed by atoms with van der Waals surface area (Å²) in [7, 11) is 0. The number of carboxylic acids is 1. The molecule has 1 saturated heterocycles. The Hall–Kier alpha value is -3.49. The van der Waals surface area contributed by atoms with E-state index < -0.39 is 11.6 Å². The maximum Gasteiger partial charge on any atom is 0.307 e. The molecular formula is C29H28FNO6. The normalized spacial score (nSPS) is 22.5. The van der Waals surface area contributed by atoms with E-state index in [0.717, 1.165) is 34.2 Å². The van der Waals surface area contributed by atoms with E-state index in [2.05, 4.69) is 4.98 Å². The van der Waals surface area contributed by atoms with Crippen LogP contribution in [-0.2, 0) is 22.6 Å². The summed E-state index contributed by atoms with van der Waals surface area (Å²) in [4.78, 5) is 15.7. The maximum atomic E-state index is 14.6. The highest BCUT2D eigenvalue weighted by molar-refractivity contribution is 5.78. The highest BCUT2D eigenvalue weighted by Gasteiger charge is 2.59. The number of carboxylic acid groups (broad SMARTS) is 1. The summed E-state index contributed by atoms with van der Waals surface area (Å²) in [5, 5.41) is 19.4. The molecule has 2 fully saturated rings. The molecule has 6 rings (SSSR count). The van der Waals surface area contributed by atoms with Crippen LogP contribution < -0.4 is 9.47 Å². The number of rotatable bonds is 9. The van der Waals surface area contributed by atoms with Gasteiger partial charge in [0.2, 0.25) is 5.88 Å². The molecule has 192 valence electrons. The van der Waals surface area contributed by atoms with E-state index in [1.165, 1.54) is 6.07 Å². The number of carbonyl (C=O) groups is 1. The van der Waals surface area contributed by atoms with Crippen molar-refractivity contribution in [2.45, 2.75) is 37.9 Å². The lowest BCUT2D eigenvalue weighted by Crippen LogP contribution is -2.50. The molecule has 1 saturated carbocycles. The van der Waals surface area contributed by atoms with E-state index in [-0.39, 0.29) is 30.2 Å². The second-order valence-electron chi connectivity index (χ2n) is 10.4.